The average Bonchev–Trinajstić information content (AvgIpc) is 2.80. The smallest absolute Gasteiger partial charge is 0.416 e. The van der Waals surface area contributed by atoms with E-state index in [4.69, 9.17) is 4.74 Å². The Morgan fingerprint density at radius 3 is 2.37 bits per heavy atom. The molecule has 4 nitrogen and oxygen atoms in total. The predicted molar refractivity (Wildman–Crippen MR) is 111 cm³/mol. The molecule has 1 aliphatic heterocycles. The van der Waals surface area contributed by atoms with Crippen LogP contribution < -0.4 is 9.64 Å². The highest BCUT2D eigenvalue weighted by molar-refractivity contribution is 5.97. The fourth-order valence-electron chi connectivity index (χ4n) is 4.03. The van der Waals surface area contributed by atoms with E-state index in [-0.39, 0.29) is 23.8 Å². The van der Waals surface area contributed by atoms with Gasteiger partial charge in [0, 0.05) is 24.7 Å². The number of ether oxygens (including phenoxy) is 1. The van der Waals surface area contributed by atoms with Crippen molar-refractivity contribution >= 4 is 11.6 Å². The molecule has 0 spiro atoms. The molecule has 0 saturated carbocycles. The summed E-state index contributed by atoms with van der Waals surface area (Å²) >= 11 is 0. The maximum atomic E-state index is 13.8. The van der Waals surface area contributed by atoms with Crippen molar-refractivity contribution in [3.63, 3.8) is 0 Å². The van der Waals surface area contributed by atoms with Crippen molar-refractivity contribution in [1.29, 1.82) is 0 Å². The Morgan fingerprint density at radius 1 is 1.13 bits per heavy atom. The van der Waals surface area contributed by atoms with Crippen molar-refractivity contribution in [2.24, 2.45) is 5.92 Å². The third-order valence-corrected chi connectivity index (χ3v) is 5.75. The average molecular weight is 420 g/mol. The number of amides is 1. The van der Waals surface area contributed by atoms with Gasteiger partial charge in [-0.15, -0.1) is 0 Å². The minimum atomic E-state index is -4.49. The first-order chi connectivity index (χ1) is 14.1. The molecular formula is C23H27F3N2O2. The lowest BCUT2D eigenvalue weighted by molar-refractivity contribution is -0.138. The van der Waals surface area contributed by atoms with E-state index < -0.39 is 17.7 Å². The number of carbonyl (C=O) groups excluding carboxylic acids is 1. The summed E-state index contributed by atoms with van der Waals surface area (Å²) in [7, 11) is 5.30. The maximum absolute atomic E-state index is 13.8. The molecule has 1 aliphatic rings. The molecule has 1 amide bonds. The number of anilines is 1. The Kier molecular flexibility index (Phi) is 6.41. The highest BCUT2D eigenvalue weighted by Gasteiger charge is 2.40. The van der Waals surface area contributed by atoms with Gasteiger partial charge < -0.3 is 14.5 Å². The zero-order valence-corrected chi connectivity index (χ0v) is 17.7. The Hall–Kier alpha value is -2.54. The van der Waals surface area contributed by atoms with Crippen molar-refractivity contribution in [2.75, 3.05) is 39.2 Å². The number of likely N-dealkylation sites (N-methyl/N-ethyl adjacent to an activating group) is 1. The molecule has 162 valence electrons. The summed E-state index contributed by atoms with van der Waals surface area (Å²) in [4.78, 5) is 16.8. The van der Waals surface area contributed by atoms with Crippen molar-refractivity contribution in [1.82, 2.24) is 4.90 Å². The lowest BCUT2D eigenvalue weighted by Gasteiger charge is -2.28. The molecule has 2 aromatic rings. The van der Waals surface area contributed by atoms with Crippen LogP contribution in [0.15, 0.2) is 42.5 Å². The summed E-state index contributed by atoms with van der Waals surface area (Å²) in [6, 6.07) is 11.3. The first-order valence-corrected chi connectivity index (χ1v) is 9.92. The number of carbonyl (C=O) groups is 1. The van der Waals surface area contributed by atoms with Gasteiger partial charge in [0.25, 0.3) is 0 Å². The fourth-order valence-corrected chi connectivity index (χ4v) is 4.03. The summed E-state index contributed by atoms with van der Waals surface area (Å²) in [5, 5.41) is 0. The summed E-state index contributed by atoms with van der Waals surface area (Å²) in [5.74, 6) is -0.324. The molecule has 0 aromatic heterocycles. The van der Waals surface area contributed by atoms with Crippen LogP contribution in [0.4, 0.5) is 18.9 Å². The number of rotatable bonds is 5. The predicted octanol–water partition coefficient (Wildman–Crippen LogP) is 4.58. The highest BCUT2D eigenvalue weighted by Crippen LogP contribution is 2.43. The van der Waals surface area contributed by atoms with Gasteiger partial charge in [-0.1, -0.05) is 25.1 Å². The second kappa shape index (κ2) is 8.68. The number of fused-ring (bicyclic) bond motifs is 1. The van der Waals surface area contributed by atoms with E-state index in [0.29, 0.717) is 24.5 Å². The number of methoxy groups -OCH3 is 1. The van der Waals surface area contributed by atoms with Crippen LogP contribution in [0.25, 0.3) is 0 Å². The molecule has 0 fully saturated rings. The number of alkyl halides is 3. The molecule has 0 N–H and O–H groups in total. The van der Waals surface area contributed by atoms with Crippen molar-refractivity contribution in [3.8, 4) is 5.75 Å². The lowest BCUT2D eigenvalue weighted by atomic mass is 9.82. The van der Waals surface area contributed by atoms with E-state index in [2.05, 4.69) is 0 Å². The van der Waals surface area contributed by atoms with E-state index in [1.807, 2.05) is 31.1 Å². The molecule has 30 heavy (non-hydrogen) atoms. The fraction of sp³-hybridized carbons (Fsp3) is 0.435. The number of hydrogen-bond acceptors (Lipinski definition) is 3. The van der Waals surface area contributed by atoms with Crippen LogP contribution in [0.1, 0.15) is 29.5 Å². The Labute approximate surface area is 175 Å². The second-order valence-corrected chi connectivity index (χ2v) is 7.97. The first-order valence-electron chi connectivity index (χ1n) is 9.92. The molecule has 3 rings (SSSR count). The number of benzene rings is 2. The number of nitrogens with zero attached hydrogens (tertiary/aromatic N) is 2. The third kappa shape index (κ3) is 4.46. The molecule has 0 radical (unpaired) electrons. The quantitative estimate of drug-likeness (QED) is 0.710. The lowest BCUT2D eigenvalue weighted by Crippen LogP contribution is -2.40. The van der Waals surface area contributed by atoms with Gasteiger partial charge in [-0.2, -0.15) is 13.2 Å². The van der Waals surface area contributed by atoms with Crippen molar-refractivity contribution < 1.29 is 22.7 Å². The normalized spacial score (nSPS) is 19.6. The second-order valence-electron chi connectivity index (χ2n) is 7.97. The van der Waals surface area contributed by atoms with E-state index in [9.17, 15) is 18.0 Å². The summed E-state index contributed by atoms with van der Waals surface area (Å²) < 4.78 is 46.7. The number of halogens is 3. The Morgan fingerprint density at radius 2 is 1.80 bits per heavy atom. The van der Waals surface area contributed by atoms with Crippen LogP contribution in [0.3, 0.4) is 0 Å². The Bertz CT molecular complexity index is 894. The zero-order valence-electron chi connectivity index (χ0n) is 17.7. The van der Waals surface area contributed by atoms with Crippen molar-refractivity contribution in [3.05, 3.63) is 59.2 Å². The van der Waals surface area contributed by atoms with Gasteiger partial charge in [-0.05, 0) is 61.8 Å². The van der Waals surface area contributed by atoms with E-state index >= 15 is 0 Å². The highest BCUT2D eigenvalue weighted by atomic mass is 19.4. The minimum Gasteiger partial charge on any atom is -0.497 e. The molecule has 7 heteroatoms. The van der Waals surface area contributed by atoms with E-state index in [1.165, 1.54) is 11.0 Å². The minimum absolute atomic E-state index is 0.142. The largest absolute Gasteiger partial charge is 0.497 e. The standard InChI is InChI=1S/C23H27F3N2O2/c1-15-18(16-8-10-17(30-4)11-9-16)14-19-20(23(24,25)26)6-5-7-21(19)28(22(15)29)13-12-27(2)3/h5-11,15,18H,12-14H2,1-4H3/t15-,18-/m0/s1. The number of hydrogen-bond donors (Lipinski definition) is 0. The van der Waals surface area contributed by atoms with E-state index in [0.717, 1.165) is 11.6 Å². The molecule has 1 heterocycles. The molecule has 0 aliphatic carbocycles. The summed E-state index contributed by atoms with van der Waals surface area (Å²) in [6.07, 6.45) is -4.34. The van der Waals surface area contributed by atoms with Gasteiger partial charge >= 0.3 is 6.18 Å². The molecule has 2 aromatic carbocycles. The van der Waals surface area contributed by atoms with Gasteiger partial charge in [0.15, 0.2) is 0 Å². The maximum Gasteiger partial charge on any atom is 0.416 e. The van der Waals surface area contributed by atoms with Crippen LogP contribution >= 0.6 is 0 Å². The van der Waals surface area contributed by atoms with Crippen LogP contribution in [-0.2, 0) is 17.4 Å². The summed E-state index contributed by atoms with van der Waals surface area (Å²) in [6.45, 7) is 2.69. The van der Waals surface area contributed by atoms with Crippen LogP contribution in [-0.4, -0.2) is 45.1 Å². The molecule has 0 unspecified atom stereocenters. The topological polar surface area (TPSA) is 32.8 Å². The van der Waals surface area contributed by atoms with Crippen LogP contribution in [0.5, 0.6) is 5.75 Å². The van der Waals surface area contributed by atoms with Gasteiger partial charge in [0.2, 0.25) is 5.91 Å². The van der Waals surface area contributed by atoms with Crippen LogP contribution in [0.2, 0.25) is 0 Å². The van der Waals surface area contributed by atoms with Gasteiger partial charge in [-0.3, -0.25) is 4.79 Å². The SMILES string of the molecule is COc1ccc([C@H]2Cc3c(cccc3C(F)(F)F)N(CCN(C)C)C(=O)[C@H]2C)cc1. The summed E-state index contributed by atoms with van der Waals surface area (Å²) in [5.41, 5.74) is 0.700. The molecule has 2 atom stereocenters. The van der Waals surface area contributed by atoms with Gasteiger partial charge in [-0.25, -0.2) is 0 Å². The van der Waals surface area contributed by atoms with Crippen molar-refractivity contribution in [2.45, 2.75) is 25.4 Å². The molecular weight excluding hydrogens is 393 g/mol. The van der Waals surface area contributed by atoms with Crippen LogP contribution in [0, 0.1) is 5.92 Å². The molecule has 0 saturated heterocycles. The molecule has 0 bridgehead atoms. The van der Waals surface area contributed by atoms with Gasteiger partial charge in [0.05, 0.1) is 12.7 Å². The monoisotopic (exact) mass is 420 g/mol. The Balaban J connectivity index is 2.13. The first kappa shape index (κ1) is 22.2. The third-order valence-electron chi connectivity index (χ3n) is 5.75. The van der Waals surface area contributed by atoms with E-state index in [1.54, 1.807) is 32.2 Å². The zero-order chi connectivity index (χ0) is 22.1. The van der Waals surface area contributed by atoms with Gasteiger partial charge in [0.1, 0.15) is 5.75 Å².